The van der Waals surface area contributed by atoms with Crippen LogP contribution in [0.4, 0.5) is 0 Å². The van der Waals surface area contributed by atoms with E-state index < -0.39 is 15.1 Å². The van der Waals surface area contributed by atoms with E-state index in [2.05, 4.69) is 0 Å². The fourth-order valence-electron chi connectivity index (χ4n) is 2.39. The van der Waals surface area contributed by atoms with Gasteiger partial charge in [0.2, 0.25) is 0 Å². The van der Waals surface area contributed by atoms with E-state index in [9.17, 15) is 13.2 Å². The Morgan fingerprint density at radius 3 is 2.13 bits per heavy atom. The van der Waals surface area contributed by atoms with Crippen LogP contribution in [-0.2, 0) is 14.6 Å². The Morgan fingerprint density at radius 1 is 1.00 bits per heavy atom. The van der Waals surface area contributed by atoms with Gasteiger partial charge in [-0.1, -0.05) is 17.7 Å². The molecule has 0 radical (unpaired) electrons. The van der Waals surface area contributed by atoms with Crippen molar-refractivity contribution < 1.29 is 23.4 Å². The van der Waals surface area contributed by atoms with Crippen LogP contribution < -0.4 is 0 Å². The monoisotopic (exact) mass is 342 g/mol. The number of rotatable bonds is 11. The van der Waals surface area contributed by atoms with Crippen LogP contribution in [0, 0.1) is 6.92 Å². The number of Topliss-reactive ketones (excluding diaryl/α,β-unsaturated/α-hetero) is 1. The van der Waals surface area contributed by atoms with Crippen LogP contribution in [-0.4, -0.2) is 42.9 Å². The van der Waals surface area contributed by atoms with Crippen LogP contribution in [0.3, 0.4) is 0 Å². The van der Waals surface area contributed by atoms with E-state index in [4.69, 9.17) is 10.2 Å². The minimum Gasteiger partial charge on any atom is -0.396 e. The number of benzene rings is 1. The first kappa shape index (κ1) is 19.8. The number of aliphatic hydroxyl groups is 2. The Bertz CT molecular complexity index is 578. The minimum absolute atomic E-state index is 0.00677. The predicted octanol–water partition coefficient (Wildman–Crippen LogP) is 2.03. The smallest absolute Gasteiger partial charge is 0.188 e. The average Bonchev–Trinajstić information content (AvgIpc) is 2.52. The summed E-state index contributed by atoms with van der Waals surface area (Å²) in [4.78, 5) is 12.5. The molecule has 6 heteroatoms. The molecule has 0 saturated carbocycles. The SMILES string of the molecule is Cc1ccc(S(=O)(=O)C(CCCCO)C(=O)CCCCO)cc1. The molecule has 1 unspecified atom stereocenters. The van der Waals surface area contributed by atoms with Crippen molar-refractivity contribution in [2.45, 2.75) is 55.6 Å². The number of carbonyl (C=O) groups is 1. The molecule has 23 heavy (non-hydrogen) atoms. The molecule has 0 aliphatic rings. The third-order valence-electron chi connectivity index (χ3n) is 3.79. The van der Waals surface area contributed by atoms with Crippen LogP contribution in [0.1, 0.15) is 44.1 Å². The Labute approximate surface area is 138 Å². The first-order chi connectivity index (χ1) is 10.9. The molecular formula is C17H26O5S. The van der Waals surface area contributed by atoms with Gasteiger partial charge in [-0.15, -0.1) is 0 Å². The second-order valence-electron chi connectivity index (χ2n) is 5.71. The van der Waals surface area contributed by atoms with E-state index >= 15 is 0 Å². The molecule has 130 valence electrons. The lowest BCUT2D eigenvalue weighted by Gasteiger charge is -2.17. The van der Waals surface area contributed by atoms with E-state index in [-0.39, 0.29) is 36.7 Å². The van der Waals surface area contributed by atoms with Crippen molar-refractivity contribution in [3.63, 3.8) is 0 Å². The van der Waals surface area contributed by atoms with E-state index in [1.165, 1.54) is 12.1 Å². The predicted molar refractivity (Wildman–Crippen MR) is 89.0 cm³/mol. The van der Waals surface area contributed by atoms with Crippen molar-refractivity contribution in [1.29, 1.82) is 0 Å². The van der Waals surface area contributed by atoms with Crippen LogP contribution in [0.15, 0.2) is 29.2 Å². The van der Waals surface area contributed by atoms with E-state index in [0.717, 1.165) is 5.56 Å². The molecule has 0 saturated heterocycles. The zero-order valence-corrected chi connectivity index (χ0v) is 14.4. The number of unbranched alkanes of at least 4 members (excludes halogenated alkanes) is 2. The summed E-state index contributed by atoms with van der Waals surface area (Å²) in [7, 11) is -3.73. The maximum atomic E-state index is 12.8. The number of carbonyl (C=O) groups excluding carboxylic acids is 1. The molecule has 0 aliphatic heterocycles. The first-order valence-electron chi connectivity index (χ1n) is 7.98. The Hall–Kier alpha value is -1.24. The minimum atomic E-state index is -3.73. The van der Waals surface area contributed by atoms with Crippen molar-refractivity contribution in [3.05, 3.63) is 29.8 Å². The highest BCUT2D eigenvalue weighted by atomic mass is 32.2. The highest BCUT2D eigenvalue weighted by Crippen LogP contribution is 2.23. The Balaban J connectivity index is 2.96. The third kappa shape index (κ3) is 6.05. The Morgan fingerprint density at radius 2 is 1.57 bits per heavy atom. The quantitative estimate of drug-likeness (QED) is 0.600. The topological polar surface area (TPSA) is 91.7 Å². The zero-order chi connectivity index (χ0) is 17.3. The van der Waals surface area contributed by atoms with E-state index in [1.54, 1.807) is 12.1 Å². The van der Waals surface area contributed by atoms with Gasteiger partial charge in [-0.3, -0.25) is 4.79 Å². The van der Waals surface area contributed by atoms with Gasteiger partial charge >= 0.3 is 0 Å². The van der Waals surface area contributed by atoms with Crippen molar-refractivity contribution in [2.24, 2.45) is 0 Å². The van der Waals surface area contributed by atoms with Gasteiger partial charge < -0.3 is 10.2 Å². The van der Waals surface area contributed by atoms with Gasteiger partial charge in [-0.25, -0.2) is 8.42 Å². The number of hydrogen-bond donors (Lipinski definition) is 2. The van der Waals surface area contributed by atoms with Crippen molar-refractivity contribution in [1.82, 2.24) is 0 Å². The lowest BCUT2D eigenvalue weighted by atomic mass is 10.1. The van der Waals surface area contributed by atoms with Gasteiger partial charge in [0.05, 0.1) is 4.90 Å². The zero-order valence-electron chi connectivity index (χ0n) is 13.6. The molecule has 5 nitrogen and oxygen atoms in total. The second-order valence-corrected chi connectivity index (χ2v) is 7.84. The summed E-state index contributed by atoms with van der Waals surface area (Å²) >= 11 is 0. The lowest BCUT2D eigenvalue weighted by molar-refractivity contribution is -0.119. The maximum absolute atomic E-state index is 12.8. The largest absolute Gasteiger partial charge is 0.396 e. The van der Waals surface area contributed by atoms with Crippen LogP contribution in [0.25, 0.3) is 0 Å². The summed E-state index contributed by atoms with van der Waals surface area (Å²) in [5, 5.41) is 16.6. The molecule has 2 N–H and O–H groups in total. The molecule has 0 fully saturated rings. The van der Waals surface area contributed by atoms with Gasteiger partial charge in [0.1, 0.15) is 5.25 Å². The number of hydrogen-bond acceptors (Lipinski definition) is 5. The van der Waals surface area contributed by atoms with Crippen LogP contribution in [0.2, 0.25) is 0 Å². The molecular weight excluding hydrogens is 316 g/mol. The second kappa shape index (κ2) is 9.80. The number of aryl methyl sites for hydroxylation is 1. The number of sulfone groups is 1. The third-order valence-corrected chi connectivity index (χ3v) is 5.97. The summed E-state index contributed by atoms with van der Waals surface area (Å²) < 4.78 is 25.6. The molecule has 1 aromatic carbocycles. The molecule has 1 atom stereocenters. The Kier molecular flexibility index (Phi) is 8.44. The summed E-state index contributed by atoms with van der Waals surface area (Å²) in [5.41, 5.74) is 0.954. The van der Waals surface area contributed by atoms with Crippen LogP contribution >= 0.6 is 0 Å². The van der Waals surface area contributed by atoms with E-state index in [0.29, 0.717) is 25.7 Å². The van der Waals surface area contributed by atoms with Gasteiger partial charge in [0, 0.05) is 19.6 Å². The van der Waals surface area contributed by atoms with Crippen molar-refractivity contribution in [3.8, 4) is 0 Å². The molecule has 0 aliphatic carbocycles. The molecule has 0 aromatic heterocycles. The summed E-state index contributed by atoms with van der Waals surface area (Å²) in [6, 6.07) is 6.50. The summed E-state index contributed by atoms with van der Waals surface area (Å²) in [6.07, 6.45) is 2.29. The highest BCUT2D eigenvalue weighted by Gasteiger charge is 2.32. The lowest BCUT2D eigenvalue weighted by Crippen LogP contribution is -2.30. The summed E-state index contributed by atoms with van der Waals surface area (Å²) in [5.74, 6) is -0.308. The van der Waals surface area contributed by atoms with Gasteiger partial charge in [0.15, 0.2) is 15.6 Å². The van der Waals surface area contributed by atoms with Crippen LogP contribution in [0.5, 0.6) is 0 Å². The maximum Gasteiger partial charge on any atom is 0.188 e. The summed E-state index contributed by atoms with van der Waals surface area (Å²) in [6.45, 7) is 1.85. The molecule has 1 aromatic rings. The molecule has 0 spiro atoms. The van der Waals surface area contributed by atoms with Crippen molar-refractivity contribution in [2.75, 3.05) is 13.2 Å². The highest BCUT2D eigenvalue weighted by molar-refractivity contribution is 7.92. The fraction of sp³-hybridized carbons (Fsp3) is 0.588. The normalized spacial score (nSPS) is 13.0. The average molecular weight is 342 g/mol. The first-order valence-corrected chi connectivity index (χ1v) is 9.53. The number of aliphatic hydroxyl groups excluding tert-OH is 2. The molecule has 1 rings (SSSR count). The van der Waals surface area contributed by atoms with Gasteiger partial charge in [0.25, 0.3) is 0 Å². The van der Waals surface area contributed by atoms with E-state index in [1.807, 2.05) is 6.92 Å². The standard InChI is InChI=1S/C17H26O5S/c1-14-8-10-15(11-9-14)23(21,22)17(7-3-5-13-19)16(20)6-2-4-12-18/h8-11,17-19H,2-7,12-13H2,1H3. The van der Waals surface area contributed by atoms with Gasteiger partial charge in [-0.2, -0.15) is 0 Å². The number of ketones is 1. The van der Waals surface area contributed by atoms with Crippen molar-refractivity contribution >= 4 is 15.6 Å². The fourth-order valence-corrected chi connectivity index (χ4v) is 4.18. The molecule has 0 heterocycles. The molecule has 0 bridgehead atoms. The van der Waals surface area contributed by atoms with Gasteiger partial charge in [-0.05, 0) is 51.2 Å². The molecule has 0 amide bonds.